The lowest BCUT2D eigenvalue weighted by Crippen LogP contribution is -1.97. The van der Waals surface area contributed by atoms with E-state index in [0.29, 0.717) is 5.56 Å². The second-order valence-electron chi connectivity index (χ2n) is 4.46. The average molecular weight is 270 g/mol. The third kappa shape index (κ3) is 3.32. The van der Waals surface area contributed by atoms with Crippen LogP contribution >= 0.6 is 0 Å². The van der Waals surface area contributed by atoms with Gasteiger partial charge in [-0.2, -0.15) is 0 Å². The Morgan fingerprint density at radius 2 is 2.00 bits per heavy atom. The van der Waals surface area contributed by atoms with E-state index in [9.17, 15) is 9.18 Å². The van der Waals surface area contributed by atoms with Gasteiger partial charge >= 0.3 is 0 Å². The summed E-state index contributed by atoms with van der Waals surface area (Å²) in [7, 11) is 1.39. The lowest BCUT2D eigenvalue weighted by molar-refractivity contribution is 0.104. The molecule has 0 aromatic heterocycles. The van der Waals surface area contributed by atoms with Crippen molar-refractivity contribution in [1.82, 2.24) is 0 Å². The van der Waals surface area contributed by atoms with E-state index in [1.165, 1.54) is 25.3 Å². The Bertz CT molecular complexity index is 660. The molecule has 102 valence electrons. The minimum atomic E-state index is -0.540. The number of rotatable bonds is 4. The summed E-state index contributed by atoms with van der Waals surface area (Å²) in [5.74, 6) is -0.653. The molecule has 2 nitrogen and oxygen atoms in total. The Hall–Kier alpha value is -2.42. The minimum Gasteiger partial charge on any atom is -0.494 e. The Balaban J connectivity index is 2.18. The lowest BCUT2D eigenvalue weighted by atomic mass is 10.1. The molecule has 0 N–H and O–H groups in total. The summed E-state index contributed by atoms with van der Waals surface area (Å²) < 4.78 is 18.3. The Kier molecular flexibility index (Phi) is 4.31. The van der Waals surface area contributed by atoms with E-state index in [2.05, 4.69) is 0 Å². The minimum absolute atomic E-state index is 0.129. The summed E-state index contributed by atoms with van der Waals surface area (Å²) in [5, 5.41) is 0. The van der Waals surface area contributed by atoms with Crippen LogP contribution in [0, 0.1) is 12.7 Å². The Morgan fingerprint density at radius 3 is 2.65 bits per heavy atom. The van der Waals surface area contributed by atoms with Crippen molar-refractivity contribution in [2.24, 2.45) is 0 Å². The van der Waals surface area contributed by atoms with E-state index >= 15 is 0 Å². The highest BCUT2D eigenvalue weighted by molar-refractivity contribution is 6.06. The predicted octanol–water partition coefficient (Wildman–Crippen LogP) is 4.04. The maximum atomic E-state index is 13.5. The van der Waals surface area contributed by atoms with Crippen molar-refractivity contribution in [2.45, 2.75) is 6.92 Å². The number of halogens is 1. The van der Waals surface area contributed by atoms with Gasteiger partial charge in [-0.25, -0.2) is 4.39 Å². The molecular formula is C17H15FO2. The fourth-order valence-corrected chi connectivity index (χ4v) is 1.86. The second-order valence-corrected chi connectivity index (χ2v) is 4.46. The van der Waals surface area contributed by atoms with Gasteiger partial charge in [0, 0.05) is 5.56 Å². The number of ketones is 1. The maximum Gasteiger partial charge on any atom is 0.185 e. The average Bonchev–Trinajstić information content (AvgIpc) is 2.44. The molecule has 0 bridgehead atoms. The number of hydrogen-bond acceptors (Lipinski definition) is 2. The zero-order valence-electron chi connectivity index (χ0n) is 11.4. The SMILES string of the molecule is COc1ccc(C(=O)/C=C/c2cccc(C)c2)cc1F. The number of methoxy groups -OCH3 is 1. The second kappa shape index (κ2) is 6.15. The van der Waals surface area contributed by atoms with Crippen molar-refractivity contribution in [1.29, 1.82) is 0 Å². The van der Waals surface area contributed by atoms with Crippen LogP contribution in [0.3, 0.4) is 0 Å². The molecule has 0 atom stereocenters. The molecule has 20 heavy (non-hydrogen) atoms. The van der Waals surface area contributed by atoms with E-state index in [0.717, 1.165) is 11.1 Å². The van der Waals surface area contributed by atoms with Crippen LogP contribution in [0.4, 0.5) is 4.39 Å². The van der Waals surface area contributed by atoms with Crippen LogP contribution in [0.15, 0.2) is 48.5 Å². The number of aryl methyl sites for hydroxylation is 1. The monoisotopic (exact) mass is 270 g/mol. The summed E-state index contributed by atoms with van der Waals surface area (Å²) >= 11 is 0. The number of benzene rings is 2. The van der Waals surface area contributed by atoms with Crippen LogP contribution in [0.1, 0.15) is 21.5 Å². The van der Waals surface area contributed by atoms with Crippen LogP contribution in [-0.2, 0) is 0 Å². The quantitative estimate of drug-likeness (QED) is 0.619. The van der Waals surface area contributed by atoms with Crippen LogP contribution in [-0.4, -0.2) is 12.9 Å². The maximum absolute atomic E-state index is 13.5. The van der Waals surface area contributed by atoms with E-state index in [1.807, 2.05) is 31.2 Å². The van der Waals surface area contributed by atoms with Crippen molar-refractivity contribution < 1.29 is 13.9 Å². The first kappa shape index (κ1) is 14.0. The number of allylic oxidation sites excluding steroid dienone is 1. The zero-order valence-corrected chi connectivity index (χ0v) is 11.4. The van der Waals surface area contributed by atoms with Gasteiger partial charge < -0.3 is 4.74 Å². The van der Waals surface area contributed by atoms with E-state index in [-0.39, 0.29) is 11.5 Å². The molecule has 0 spiro atoms. The van der Waals surface area contributed by atoms with Gasteiger partial charge in [0.25, 0.3) is 0 Å². The van der Waals surface area contributed by atoms with Crippen molar-refractivity contribution >= 4 is 11.9 Å². The molecule has 0 saturated carbocycles. The molecule has 0 fully saturated rings. The first-order chi connectivity index (χ1) is 9.60. The number of carbonyl (C=O) groups excluding carboxylic acids is 1. The molecule has 0 aliphatic rings. The predicted molar refractivity (Wildman–Crippen MR) is 77.5 cm³/mol. The number of ether oxygens (including phenoxy) is 1. The van der Waals surface area contributed by atoms with Gasteiger partial charge in [0.1, 0.15) is 0 Å². The molecule has 3 heteroatoms. The van der Waals surface area contributed by atoms with Crippen LogP contribution in [0.2, 0.25) is 0 Å². The first-order valence-electron chi connectivity index (χ1n) is 6.23. The highest BCUT2D eigenvalue weighted by atomic mass is 19.1. The molecule has 0 amide bonds. The molecule has 2 aromatic carbocycles. The zero-order chi connectivity index (χ0) is 14.5. The largest absolute Gasteiger partial charge is 0.494 e. The lowest BCUT2D eigenvalue weighted by Gasteiger charge is -2.02. The molecular weight excluding hydrogens is 255 g/mol. The van der Waals surface area contributed by atoms with Crippen molar-refractivity contribution in [3.8, 4) is 5.75 Å². The van der Waals surface area contributed by atoms with Crippen LogP contribution < -0.4 is 4.74 Å². The molecule has 0 heterocycles. The van der Waals surface area contributed by atoms with Gasteiger partial charge in [0.15, 0.2) is 17.3 Å². The van der Waals surface area contributed by atoms with Crippen molar-refractivity contribution in [3.05, 3.63) is 71.0 Å². The highest BCUT2D eigenvalue weighted by Gasteiger charge is 2.07. The Morgan fingerprint density at radius 1 is 1.20 bits per heavy atom. The molecule has 0 aliphatic carbocycles. The standard InChI is InChI=1S/C17H15FO2/c1-12-4-3-5-13(10-12)6-8-16(19)14-7-9-17(20-2)15(18)11-14/h3-11H,1-2H3/b8-6+. The van der Waals surface area contributed by atoms with Gasteiger partial charge in [0.05, 0.1) is 7.11 Å². The molecule has 0 saturated heterocycles. The van der Waals surface area contributed by atoms with E-state index in [4.69, 9.17) is 4.74 Å². The summed E-state index contributed by atoms with van der Waals surface area (Å²) in [6.07, 6.45) is 3.16. The first-order valence-corrected chi connectivity index (χ1v) is 6.23. The molecule has 0 aliphatic heterocycles. The highest BCUT2D eigenvalue weighted by Crippen LogP contribution is 2.18. The van der Waals surface area contributed by atoms with E-state index in [1.54, 1.807) is 12.1 Å². The van der Waals surface area contributed by atoms with Crippen LogP contribution in [0.25, 0.3) is 6.08 Å². The molecule has 2 aromatic rings. The van der Waals surface area contributed by atoms with E-state index < -0.39 is 5.82 Å². The van der Waals surface area contributed by atoms with Gasteiger partial charge in [-0.1, -0.05) is 35.9 Å². The summed E-state index contributed by atoms with van der Waals surface area (Å²) in [4.78, 5) is 12.0. The Labute approximate surface area is 117 Å². The third-order valence-corrected chi connectivity index (χ3v) is 2.91. The fraction of sp³-hybridized carbons (Fsp3) is 0.118. The summed E-state index contributed by atoms with van der Waals surface area (Å²) in [6, 6.07) is 12.0. The van der Waals surface area contributed by atoms with Gasteiger partial charge in [-0.15, -0.1) is 0 Å². The smallest absolute Gasteiger partial charge is 0.185 e. The molecule has 0 radical (unpaired) electrons. The number of hydrogen-bond donors (Lipinski definition) is 0. The topological polar surface area (TPSA) is 26.3 Å². The number of carbonyl (C=O) groups is 1. The molecule has 0 unspecified atom stereocenters. The third-order valence-electron chi connectivity index (χ3n) is 2.91. The summed E-state index contributed by atoms with van der Waals surface area (Å²) in [6.45, 7) is 1.98. The van der Waals surface area contributed by atoms with Gasteiger partial charge in [-0.05, 0) is 36.8 Å². The van der Waals surface area contributed by atoms with Gasteiger partial charge in [0.2, 0.25) is 0 Å². The van der Waals surface area contributed by atoms with Crippen LogP contribution in [0.5, 0.6) is 5.75 Å². The molecule has 2 rings (SSSR count). The fourth-order valence-electron chi connectivity index (χ4n) is 1.86. The van der Waals surface area contributed by atoms with Crippen molar-refractivity contribution in [3.63, 3.8) is 0 Å². The van der Waals surface area contributed by atoms with Gasteiger partial charge in [-0.3, -0.25) is 4.79 Å². The normalized spacial score (nSPS) is 10.8. The van der Waals surface area contributed by atoms with Crippen molar-refractivity contribution in [2.75, 3.05) is 7.11 Å². The summed E-state index contributed by atoms with van der Waals surface area (Å²) in [5.41, 5.74) is 2.36.